The number of rotatable bonds is 3. The first-order valence-corrected chi connectivity index (χ1v) is 10.3. The molecule has 3 aliphatic heterocycles. The second-order valence-corrected chi connectivity index (χ2v) is 8.46. The smallest absolute Gasteiger partial charge is 0.264 e. The van der Waals surface area contributed by atoms with Crippen molar-refractivity contribution in [2.75, 3.05) is 23.7 Å². The number of hydrogen-bond donors (Lipinski definition) is 2. The Kier molecular flexibility index (Phi) is 3.82. The molecular formula is C21H22N4OS. The third-order valence-electron chi connectivity index (χ3n) is 5.81. The highest BCUT2D eigenvalue weighted by Crippen LogP contribution is 2.45. The summed E-state index contributed by atoms with van der Waals surface area (Å²) in [6.45, 7) is 4.17. The molecule has 0 aliphatic carbocycles. The summed E-state index contributed by atoms with van der Waals surface area (Å²) in [6.07, 6.45) is 2.35. The van der Waals surface area contributed by atoms with E-state index >= 15 is 0 Å². The van der Waals surface area contributed by atoms with Crippen LogP contribution in [0.25, 0.3) is 10.2 Å². The minimum Gasteiger partial charge on any atom is -0.397 e. The lowest BCUT2D eigenvalue weighted by Gasteiger charge is -2.41. The van der Waals surface area contributed by atoms with E-state index in [1.54, 1.807) is 0 Å². The maximum Gasteiger partial charge on any atom is 0.264 e. The monoisotopic (exact) mass is 378 g/mol. The van der Waals surface area contributed by atoms with Crippen molar-refractivity contribution >= 4 is 38.8 Å². The lowest BCUT2D eigenvalue weighted by atomic mass is 9.86. The number of piperidine rings is 1. The highest BCUT2D eigenvalue weighted by atomic mass is 32.1. The second-order valence-electron chi connectivity index (χ2n) is 7.46. The summed E-state index contributed by atoms with van der Waals surface area (Å²) in [5.74, 6) is 0.418. The number of fused-ring (bicyclic) bond motifs is 3. The molecule has 5 heterocycles. The number of carbonyl (C=O) groups excluding carboxylic acids is 1. The van der Waals surface area contributed by atoms with Gasteiger partial charge < -0.3 is 16.0 Å². The van der Waals surface area contributed by atoms with Gasteiger partial charge in [0.25, 0.3) is 5.91 Å². The lowest BCUT2D eigenvalue weighted by Crippen LogP contribution is -2.39. The largest absolute Gasteiger partial charge is 0.397 e. The first-order valence-electron chi connectivity index (χ1n) is 9.45. The molecule has 0 radical (unpaired) electrons. The normalized spacial score (nSPS) is 17.1. The molecule has 6 heteroatoms. The topological polar surface area (TPSA) is 71.2 Å². The van der Waals surface area contributed by atoms with Crippen molar-refractivity contribution in [3.8, 4) is 0 Å². The summed E-state index contributed by atoms with van der Waals surface area (Å²) in [6, 6.07) is 12.0. The maximum absolute atomic E-state index is 12.9. The molecule has 27 heavy (non-hydrogen) atoms. The Morgan fingerprint density at radius 2 is 2.04 bits per heavy atom. The molecule has 3 N–H and O–H groups in total. The SMILES string of the molecule is CC(NC(=O)c1sc2nc3c(cc2c1N)N1CCC3CC1)c1ccccc1. The van der Waals surface area contributed by atoms with Crippen LogP contribution < -0.4 is 16.0 Å². The molecular weight excluding hydrogens is 356 g/mol. The number of carbonyl (C=O) groups is 1. The Hall–Kier alpha value is -2.60. The predicted octanol–water partition coefficient (Wildman–Crippen LogP) is 4.07. The number of thiophene rings is 1. The van der Waals surface area contributed by atoms with Crippen molar-refractivity contribution in [1.82, 2.24) is 10.3 Å². The Morgan fingerprint density at radius 3 is 2.78 bits per heavy atom. The van der Waals surface area contributed by atoms with Gasteiger partial charge in [0.1, 0.15) is 9.71 Å². The van der Waals surface area contributed by atoms with Crippen LogP contribution >= 0.6 is 11.3 Å². The number of nitrogen functional groups attached to an aromatic ring is 1. The molecule has 3 aromatic rings. The highest BCUT2D eigenvalue weighted by Gasteiger charge is 2.33. The van der Waals surface area contributed by atoms with E-state index in [0.717, 1.165) is 28.9 Å². The van der Waals surface area contributed by atoms with Gasteiger partial charge in [-0.15, -0.1) is 11.3 Å². The van der Waals surface area contributed by atoms with Gasteiger partial charge in [0.15, 0.2) is 0 Å². The molecule has 2 bridgehead atoms. The minimum atomic E-state index is -0.131. The number of benzene rings is 1. The molecule has 5 nitrogen and oxygen atoms in total. The molecule has 1 amide bonds. The molecule has 1 saturated heterocycles. The van der Waals surface area contributed by atoms with Gasteiger partial charge in [-0.25, -0.2) is 4.98 Å². The van der Waals surface area contributed by atoms with Crippen molar-refractivity contribution < 1.29 is 4.79 Å². The van der Waals surface area contributed by atoms with E-state index in [9.17, 15) is 4.79 Å². The van der Waals surface area contributed by atoms with Crippen molar-refractivity contribution in [1.29, 1.82) is 0 Å². The van der Waals surface area contributed by atoms with Gasteiger partial charge in [0, 0.05) is 24.4 Å². The lowest BCUT2D eigenvalue weighted by molar-refractivity contribution is 0.0945. The van der Waals surface area contributed by atoms with Gasteiger partial charge in [-0.3, -0.25) is 4.79 Å². The Morgan fingerprint density at radius 1 is 1.30 bits per heavy atom. The summed E-state index contributed by atoms with van der Waals surface area (Å²) in [4.78, 5) is 21.6. The molecule has 2 aromatic heterocycles. The van der Waals surface area contributed by atoms with E-state index in [0.29, 0.717) is 16.5 Å². The second kappa shape index (κ2) is 6.23. The highest BCUT2D eigenvalue weighted by molar-refractivity contribution is 7.21. The average molecular weight is 379 g/mol. The van der Waals surface area contributed by atoms with Crippen molar-refractivity contribution in [2.45, 2.75) is 31.7 Å². The minimum absolute atomic E-state index is 0.0774. The van der Waals surface area contributed by atoms with Crippen LogP contribution in [0.3, 0.4) is 0 Å². The number of nitrogens with zero attached hydrogens (tertiary/aromatic N) is 2. The number of anilines is 2. The molecule has 0 saturated carbocycles. The van der Waals surface area contributed by atoms with Gasteiger partial charge >= 0.3 is 0 Å². The first kappa shape index (κ1) is 16.6. The van der Waals surface area contributed by atoms with Gasteiger partial charge in [-0.05, 0) is 31.4 Å². The van der Waals surface area contributed by atoms with Gasteiger partial charge in [-0.2, -0.15) is 0 Å². The van der Waals surface area contributed by atoms with E-state index in [1.807, 2.05) is 37.3 Å². The number of nitrogens with two attached hydrogens (primary N) is 1. The number of nitrogens with one attached hydrogen (secondary N) is 1. The quantitative estimate of drug-likeness (QED) is 0.721. The fourth-order valence-electron chi connectivity index (χ4n) is 4.25. The van der Waals surface area contributed by atoms with E-state index in [2.05, 4.69) is 16.3 Å². The third-order valence-corrected chi connectivity index (χ3v) is 6.92. The van der Waals surface area contributed by atoms with Crippen LogP contribution in [0.4, 0.5) is 11.4 Å². The zero-order valence-electron chi connectivity index (χ0n) is 15.2. The molecule has 6 rings (SSSR count). The van der Waals surface area contributed by atoms with Crippen molar-refractivity contribution in [3.63, 3.8) is 0 Å². The van der Waals surface area contributed by atoms with Crippen LogP contribution in [0.2, 0.25) is 0 Å². The number of hydrogen-bond acceptors (Lipinski definition) is 5. The van der Waals surface area contributed by atoms with Crippen molar-refractivity contribution in [2.24, 2.45) is 0 Å². The summed E-state index contributed by atoms with van der Waals surface area (Å²) in [7, 11) is 0. The number of pyridine rings is 1. The van der Waals surface area contributed by atoms with E-state index in [1.165, 1.54) is 35.6 Å². The van der Waals surface area contributed by atoms with Gasteiger partial charge in [0.05, 0.1) is 23.1 Å². The molecule has 1 atom stereocenters. The molecule has 138 valence electrons. The fourth-order valence-corrected chi connectivity index (χ4v) is 5.24. The zero-order chi connectivity index (χ0) is 18.5. The Labute approximate surface area is 162 Å². The fraction of sp³-hybridized carbons (Fsp3) is 0.333. The Balaban J connectivity index is 1.49. The summed E-state index contributed by atoms with van der Waals surface area (Å²) in [5, 5.41) is 3.97. The summed E-state index contributed by atoms with van der Waals surface area (Å²) in [5.41, 5.74) is 10.4. The van der Waals surface area contributed by atoms with Gasteiger partial charge in [-0.1, -0.05) is 30.3 Å². The average Bonchev–Trinajstić information content (AvgIpc) is 3.04. The number of aromatic nitrogens is 1. The summed E-state index contributed by atoms with van der Waals surface area (Å²) < 4.78 is 0. The van der Waals surface area contributed by atoms with Gasteiger partial charge in [0.2, 0.25) is 0 Å². The third kappa shape index (κ3) is 2.67. The van der Waals surface area contributed by atoms with Crippen molar-refractivity contribution in [3.05, 3.63) is 52.5 Å². The van der Waals surface area contributed by atoms with Crippen LogP contribution in [-0.4, -0.2) is 24.0 Å². The molecule has 1 unspecified atom stereocenters. The van der Waals surface area contributed by atoms with Crippen LogP contribution in [0, 0.1) is 0 Å². The van der Waals surface area contributed by atoms with Crippen LogP contribution in [-0.2, 0) is 0 Å². The first-order chi connectivity index (χ1) is 13.1. The van der Waals surface area contributed by atoms with Crippen LogP contribution in [0.1, 0.15) is 52.7 Å². The molecule has 0 spiro atoms. The standard InChI is InChI=1S/C21H22N4OS/c1-12(13-5-3-2-4-6-13)23-20(26)19-17(22)15-11-16-18(24-21(15)27-19)14-7-9-25(16)10-8-14/h2-6,11-12,14H,7-10,22H2,1H3,(H,23,26). The molecule has 1 aromatic carbocycles. The number of amides is 1. The van der Waals surface area contributed by atoms with Crippen LogP contribution in [0.15, 0.2) is 36.4 Å². The van der Waals surface area contributed by atoms with Crippen LogP contribution in [0.5, 0.6) is 0 Å². The zero-order valence-corrected chi connectivity index (χ0v) is 16.1. The molecule has 3 aliphatic rings. The Bertz CT molecular complexity index is 1020. The van der Waals surface area contributed by atoms with E-state index in [-0.39, 0.29) is 11.9 Å². The van der Waals surface area contributed by atoms with E-state index in [4.69, 9.17) is 10.7 Å². The predicted molar refractivity (Wildman–Crippen MR) is 111 cm³/mol. The maximum atomic E-state index is 12.9. The van der Waals surface area contributed by atoms with E-state index < -0.39 is 0 Å². The summed E-state index contributed by atoms with van der Waals surface area (Å²) >= 11 is 1.40. The molecule has 1 fully saturated rings.